The largest absolute Gasteiger partial charge is 1.00 e. The van der Waals surface area contributed by atoms with Gasteiger partial charge in [-0.05, 0) is 28.6 Å². The van der Waals surface area contributed by atoms with E-state index in [9.17, 15) is 26.3 Å². The first-order valence-corrected chi connectivity index (χ1v) is 24.5. The van der Waals surface area contributed by atoms with E-state index >= 15 is 0 Å². The van der Waals surface area contributed by atoms with Crippen molar-refractivity contribution in [1.29, 1.82) is 0 Å². The van der Waals surface area contributed by atoms with Crippen LogP contribution in [-0.4, -0.2) is 3.21 Å². The maximum Gasteiger partial charge on any atom is -0.109 e. The van der Waals surface area contributed by atoms with Crippen LogP contribution >= 0.6 is 0 Å². The average Bonchev–Trinajstić information content (AvgIpc) is 3.98. The molecule has 2 saturated carbocycles. The normalized spacial score (nSPS) is 31.5. The zero-order chi connectivity index (χ0) is 49.2. The van der Waals surface area contributed by atoms with E-state index in [1.54, 1.807) is 0 Å². The van der Waals surface area contributed by atoms with Crippen molar-refractivity contribution in [3.8, 4) is 22.3 Å². The summed E-state index contributed by atoms with van der Waals surface area (Å²) < 4.78 is 77.7. The molecule has 6 aliphatic carbocycles. The van der Waals surface area contributed by atoms with Crippen LogP contribution in [0.15, 0.2) is 188 Å². The minimum atomic E-state index is -4.36. The Bertz CT molecular complexity index is 2710. The van der Waals surface area contributed by atoms with Crippen LogP contribution in [0.5, 0.6) is 0 Å². The molecule has 70 heavy (non-hydrogen) atoms. The molecule has 10 rings (SSSR count). The third-order valence-electron chi connectivity index (χ3n) is 18.1. The van der Waals surface area contributed by atoms with Gasteiger partial charge in [0.2, 0.25) is 0 Å². The van der Waals surface area contributed by atoms with Gasteiger partial charge in [0.1, 0.15) is 0 Å². The van der Waals surface area contributed by atoms with Gasteiger partial charge in [-0.2, -0.15) is 6.08 Å². The van der Waals surface area contributed by atoms with Gasteiger partial charge < -0.3 is 31.2 Å². The number of hydrogen-bond donors (Lipinski definition) is 0. The Morgan fingerprint density at radius 1 is 0.543 bits per heavy atom. The Balaban J connectivity index is 0.000000205. The van der Waals surface area contributed by atoms with Gasteiger partial charge in [0, 0.05) is 10.8 Å². The molecular formula is C61H58Cl2F6Zr-2. The quantitative estimate of drug-likeness (QED) is 0.141. The Kier molecular flexibility index (Phi) is 15.4. The number of allylic oxidation sites excluding steroid dienone is 16. The second kappa shape index (κ2) is 19.6. The fourth-order valence-electron chi connectivity index (χ4n) is 13.1. The standard InChI is InChI=1S/C29H37.C27H16F6.C5H5.2ClH.Zr/c1-21-14-13-15-22-20-27(6)25(4)18-10-9-16-23(25,2)24(3)17-11-12-19-26(24,5)29(27,8)28(21,22)7;28-26(29,30)24-13-9-22(10-14-24)20-5-1-18(2-6-20)17-19-3-7-21(8-4-19)23-11-15-25(16-12-23)27(31,32)33;1-2-4-5-3-1;;;/h9-20,22H,1-8H3;1-16H;1-3H,4H2;2*1H;/q-1;;-1;;;+2/p-2. The van der Waals surface area contributed by atoms with Gasteiger partial charge in [-0.25, -0.2) is 12.2 Å². The molecule has 0 heterocycles. The molecule has 364 valence electrons. The van der Waals surface area contributed by atoms with Gasteiger partial charge >= 0.3 is 208 Å². The van der Waals surface area contributed by atoms with Crippen LogP contribution in [0.3, 0.4) is 0 Å². The molecule has 4 aromatic carbocycles. The molecule has 8 unspecified atom stereocenters. The van der Waals surface area contributed by atoms with Gasteiger partial charge in [0.15, 0.2) is 0 Å². The summed E-state index contributed by atoms with van der Waals surface area (Å²) in [5, 5.41) is 0. The molecule has 0 saturated heterocycles. The summed E-state index contributed by atoms with van der Waals surface area (Å²) in [6, 6.07) is 25.3. The Morgan fingerprint density at radius 3 is 1.30 bits per heavy atom. The van der Waals surface area contributed by atoms with Gasteiger partial charge in [0.05, 0.1) is 0 Å². The van der Waals surface area contributed by atoms with E-state index in [0.29, 0.717) is 17.0 Å². The van der Waals surface area contributed by atoms with Crippen LogP contribution in [0.1, 0.15) is 84.1 Å². The van der Waals surface area contributed by atoms with Crippen molar-refractivity contribution in [1.82, 2.24) is 0 Å². The van der Waals surface area contributed by atoms with Crippen LogP contribution in [-0.2, 0) is 36.6 Å². The predicted octanol–water partition coefficient (Wildman–Crippen LogP) is 11.1. The third-order valence-corrected chi connectivity index (χ3v) is 19.5. The Morgan fingerprint density at radius 2 is 0.929 bits per heavy atom. The zero-order valence-corrected chi connectivity index (χ0v) is 44.7. The maximum atomic E-state index is 12.8. The Hall–Kier alpha value is -4.29. The predicted molar refractivity (Wildman–Crippen MR) is 263 cm³/mol. The first-order valence-electron chi connectivity index (χ1n) is 23.2. The summed E-state index contributed by atoms with van der Waals surface area (Å²) in [5.41, 5.74) is 5.40. The molecule has 0 N–H and O–H groups in total. The van der Waals surface area contributed by atoms with Crippen molar-refractivity contribution < 1.29 is 75.4 Å². The van der Waals surface area contributed by atoms with Crippen LogP contribution in [0.2, 0.25) is 0 Å². The minimum absolute atomic E-state index is 0. The molecule has 0 aromatic heterocycles. The number of hydrogen-bond acceptors (Lipinski definition) is 0. The van der Waals surface area contributed by atoms with Crippen molar-refractivity contribution >= 4 is 3.21 Å². The smallest absolute Gasteiger partial charge is 0.109 e. The van der Waals surface area contributed by atoms with E-state index in [-0.39, 0.29) is 62.7 Å². The van der Waals surface area contributed by atoms with Gasteiger partial charge in [-0.15, -0.1) is 23.8 Å². The van der Waals surface area contributed by atoms with E-state index in [1.807, 2.05) is 60.7 Å². The van der Waals surface area contributed by atoms with Crippen LogP contribution in [0.25, 0.3) is 22.3 Å². The molecule has 0 spiro atoms. The first kappa shape index (κ1) is 55.0. The average molecular weight is 1070 g/mol. The molecule has 0 amide bonds. The number of alkyl halides is 6. The second-order valence-corrected chi connectivity index (χ2v) is 21.6. The molecular weight excluding hydrogens is 1010 g/mol. The second-order valence-electron chi connectivity index (χ2n) is 20.4. The van der Waals surface area contributed by atoms with Crippen LogP contribution in [0, 0.1) is 56.3 Å². The van der Waals surface area contributed by atoms with E-state index in [0.717, 1.165) is 56.1 Å². The summed E-state index contributed by atoms with van der Waals surface area (Å²) >= 11 is 1.18. The summed E-state index contributed by atoms with van der Waals surface area (Å²) in [7, 11) is 0. The molecule has 0 aliphatic heterocycles. The number of benzene rings is 4. The Labute approximate surface area is 438 Å². The van der Waals surface area contributed by atoms with Crippen molar-refractivity contribution in [2.45, 2.75) is 74.2 Å². The van der Waals surface area contributed by atoms with E-state index in [2.05, 4.69) is 141 Å². The fourth-order valence-corrected chi connectivity index (χ4v) is 13.9. The van der Waals surface area contributed by atoms with Crippen molar-refractivity contribution in [2.24, 2.45) is 43.8 Å². The van der Waals surface area contributed by atoms with Crippen molar-refractivity contribution in [3.63, 3.8) is 0 Å². The summed E-state index contributed by atoms with van der Waals surface area (Å²) in [6.45, 7) is 20.3. The van der Waals surface area contributed by atoms with E-state index in [4.69, 9.17) is 0 Å². The SMILES string of the molecule is CC1=CC=CC2[CH-]C3(C)C4(C)C=CC=CC4(C)C4(C)C=CC=CC4(C)C3(C)C12C.FC(F)(F)c1ccc(-c2ccc([C](=[Zr+2])c3ccc(-c4ccc(C(F)(F)F)cc4)cc3)cc2)cc1.[C-]1=CC=CC1.[Cl-].[Cl-]. The molecule has 8 atom stereocenters. The van der Waals surface area contributed by atoms with Crippen molar-refractivity contribution in [2.75, 3.05) is 0 Å². The summed E-state index contributed by atoms with van der Waals surface area (Å²) in [5.74, 6) is 0.460. The maximum absolute atomic E-state index is 12.8. The van der Waals surface area contributed by atoms with Gasteiger partial charge in [-0.3, -0.25) is 6.08 Å². The van der Waals surface area contributed by atoms with E-state index in [1.165, 1.54) is 54.1 Å². The van der Waals surface area contributed by atoms with Gasteiger partial charge in [0.25, 0.3) is 0 Å². The monoisotopic (exact) mass is 1060 g/mol. The molecule has 0 nitrogen and oxygen atoms in total. The van der Waals surface area contributed by atoms with Gasteiger partial charge in [-0.1, -0.05) is 115 Å². The molecule has 0 bridgehead atoms. The van der Waals surface area contributed by atoms with Crippen LogP contribution in [0.4, 0.5) is 26.3 Å². The first-order chi connectivity index (χ1) is 31.9. The topological polar surface area (TPSA) is 0 Å². The van der Waals surface area contributed by atoms with Crippen molar-refractivity contribution in [3.05, 3.63) is 222 Å². The molecule has 4 aromatic rings. The fraction of sp³-hybridized carbons (Fsp3) is 0.311. The van der Waals surface area contributed by atoms with E-state index < -0.39 is 23.5 Å². The third kappa shape index (κ3) is 8.40. The van der Waals surface area contributed by atoms with Crippen LogP contribution < -0.4 is 24.8 Å². The molecule has 0 radical (unpaired) electrons. The number of fused-ring (bicyclic) bond motifs is 8. The summed E-state index contributed by atoms with van der Waals surface area (Å²) in [4.78, 5) is 0. The zero-order valence-electron chi connectivity index (χ0n) is 40.7. The minimum Gasteiger partial charge on any atom is -1.00 e. The number of rotatable bonds is 4. The number of halogens is 8. The molecule has 9 heteroatoms. The molecule has 6 aliphatic rings. The molecule has 2 fully saturated rings. The summed E-state index contributed by atoms with van der Waals surface area (Å²) in [6.07, 6.45) is 30.5.